The van der Waals surface area contributed by atoms with E-state index in [1.54, 1.807) is 48.5 Å². The summed E-state index contributed by atoms with van der Waals surface area (Å²) in [4.78, 5) is 14.8. The highest BCUT2D eigenvalue weighted by molar-refractivity contribution is 7.92. The number of aromatic nitrogens is 1. The highest BCUT2D eigenvalue weighted by Gasteiger charge is 2.18. The summed E-state index contributed by atoms with van der Waals surface area (Å²) in [6, 6.07) is 20.9. The number of benzene rings is 3. The molecule has 0 unspecified atom stereocenters. The molecular weight excluding hydrogens is 466 g/mol. The third-order valence-electron chi connectivity index (χ3n) is 5.37. The zero-order chi connectivity index (χ0) is 25.2. The maximum Gasteiger partial charge on any atom is 0.269 e. The van der Waals surface area contributed by atoms with Gasteiger partial charge in [0.1, 0.15) is 17.5 Å². The molecule has 0 fully saturated rings. The van der Waals surface area contributed by atoms with Crippen molar-refractivity contribution in [2.45, 2.75) is 11.8 Å². The van der Waals surface area contributed by atoms with E-state index in [0.29, 0.717) is 27.9 Å². The number of nitrogens with two attached hydrogens (primary N) is 1. The number of sulfonamides is 1. The molecule has 1 heterocycles. The molecule has 4 aromatic rings. The van der Waals surface area contributed by atoms with Crippen molar-refractivity contribution in [3.05, 3.63) is 100 Å². The smallest absolute Gasteiger partial charge is 0.269 e. The Bertz CT molecular complexity index is 1560. The maximum absolute atomic E-state index is 12.7. The Hall–Kier alpha value is -4.75. The summed E-state index contributed by atoms with van der Waals surface area (Å²) in [6.45, 7) is 1.87. The van der Waals surface area contributed by atoms with E-state index in [2.05, 4.69) is 15.8 Å². The number of nitrogens with zero attached hydrogens (tertiary/aromatic N) is 3. The summed E-state index contributed by atoms with van der Waals surface area (Å²) in [5.74, 6) is 0.0343. The number of hydrogen-bond acceptors (Lipinski definition) is 7. The molecule has 0 amide bonds. The van der Waals surface area contributed by atoms with Crippen molar-refractivity contribution < 1.29 is 13.3 Å². The van der Waals surface area contributed by atoms with Crippen LogP contribution < -0.4 is 10.5 Å². The number of nitriles is 1. The predicted molar refractivity (Wildman–Crippen MR) is 133 cm³/mol. The van der Waals surface area contributed by atoms with Gasteiger partial charge in [-0.3, -0.25) is 14.8 Å². The van der Waals surface area contributed by atoms with Gasteiger partial charge in [-0.05, 0) is 54.4 Å². The molecule has 0 atom stereocenters. The van der Waals surface area contributed by atoms with Crippen molar-refractivity contribution in [3.8, 4) is 28.3 Å². The molecule has 0 radical (unpaired) electrons. The number of rotatable bonds is 6. The minimum absolute atomic E-state index is 0.0343. The second-order valence-electron chi connectivity index (χ2n) is 7.72. The average Bonchev–Trinajstić information content (AvgIpc) is 2.84. The Labute approximate surface area is 201 Å². The van der Waals surface area contributed by atoms with E-state index in [0.717, 1.165) is 5.56 Å². The first-order valence-electron chi connectivity index (χ1n) is 10.3. The maximum atomic E-state index is 12.7. The molecule has 0 bridgehead atoms. The standard InChI is InChI=1S/C25H19N5O4S/c1-16-2-12-21(13-3-16)35(33,34)29-19-8-4-17(5-9-19)23-15-28-25(27)22(14-26)24(23)18-6-10-20(11-7-18)30(31)32/h2-13,15,29H,1H3,(H2,27,28). The Morgan fingerprint density at radius 3 is 2.14 bits per heavy atom. The lowest BCUT2D eigenvalue weighted by atomic mass is 9.92. The summed E-state index contributed by atoms with van der Waals surface area (Å²) >= 11 is 0. The molecule has 0 aliphatic carbocycles. The van der Waals surface area contributed by atoms with Crippen molar-refractivity contribution in [2.24, 2.45) is 0 Å². The number of nitrogens with one attached hydrogen (secondary N) is 1. The molecule has 0 spiro atoms. The van der Waals surface area contributed by atoms with Gasteiger partial charge in [-0.2, -0.15) is 5.26 Å². The number of pyridine rings is 1. The first-order valence-corrected chi connectivity index (χ1v) is 11.8. The van der Waals surface area contributed by atoms with Crippen molar-refractivity contribution >= 4 is 27.2 Å². The van der Waals surface area contributed by atoms with E-state index in [1.165, 1.54) is 30.5 Å². The minimum Gasteiger partial charge on any atom is -0.383 e. The van der Waals surface area contributed by atoms with Crippen molar-refractivity contribution in [2.75, 3.05) is 10.5 Å². The van der Waals surface area contributed by atoms with Gasteiger partial charge in [0.2, 0.25) is 0 Å². The lowest BCUT2D eigenvalue weighted by Crippen LogP contribution is -2.12. The fourth-order valence-electron chi connectivity index (χ4n) is 3.56. The zero-order valence-electron chi connectivity index (χ0n) is 18.5. The molecule has 0 saturated heterocycles. The van der Waals surface area contributed by atoms with E-state index in [-0.39, 0.29) is 22.0 Å². The van der Waals surface area contributed by atoms with Crippen LogP contribution in [0.3, 0.4) is 0 Å². The first kappa shape index (κ1) is 23.4. The molecule has 4 rings (SSSR count). The Kier molecular flexibility index (Phi) is 6.18. The highest BCUT2D eigenvalue weighted by atomic mass is 32.2. The third-order valence-corrected chi connectivity index (χ3v) is 6.76. The van der Waals surface area contributed by atoms with Gasteiger partial charge in [0.25, 0.3) is 15.7 Å². The van der Waals surface area contributed by atoms with Crippen molar-refractivity contribution in [1.82, 2.24) is 4.98 Å². The van der Waals surface area contributed by atoms with Gasteiger partial charge in [0.05, 0.1) is 9.82 Å². The van der Waals surface area contributed by atoms with Gasteiger partial charge < -0.3 is 5.73 Å². The summed E-state index contributed by atoms with van der Waals surface area (Å²) in [7, 11) is -3.76. The SMILES string of the molecule is Cc1ccc(S(=O)(=O)Nc2ccc(-c3cnc(N)c(C#N)c3-c3ccc([N+](=O)[O-])cc3)cc2)cc1. The highest BCUT2D eigenvalue weighted by Crippen LogP contribution is 2.37. The second kappa shape index (κ2) is 9.24. The number of non-ortho nitro benzene ring substituents is 1. The van der Waals surface area contributed by atoms with Gasteiger partial charge in [-0.1, -0.05) is 29.8 Å². The molecule has 35 heavy (non-hydrogen) atoms. The van der Waals surface area contributed by atoms with E-state index < -0.39 is 14.9 Å². The van der Waals surface area contributed by atoms with Crippen LogP contribution in [0, 0.1) is 28.4 Å². The van der Waals surface area contributed by atoms with Gasteiger partial charge in [0, 0.05) is 35.1 Å². The van der Waals surface area contributed by atoms with Crippen LogP contribution in [-0.2, 0) is 10.0 Å². The molecule has 3 N–H and O–H groups in total. The number of nitro groups is 1. The van der Waals surface area contributed by atoms with Crippen LogP contribution in [-0.4, -0.2) is 18.3 Å². The van der Waals surface area contributed by atoms with Crippen LogP contribution in [0.15, 0.2) is 83.9 Å². The molecule has 0 aliphatic rings. The summed E-state index contributed by atoms with van der Waals surface area (Å²) < 4.78 is 27.9. The van der Waals surface area contributed by atoms with Crippen molar-refractivity contribution in [1.29, 1.82) is 5.26 Å². The van der Waals surface area contributed by atoms with E-state index in [9.17, 15) is 23.8 Å². The first-order chi connectivity index (χ1) is 16.7. The average molecular weight is 486 g/mol. The number of aryl methyl sites for hydroxylation is 1. The fraction of sp³-hybridized carbons (Fsp3) is 0.0400. The molecule has 174 valence electrons. The van der Waals surface area contributed by atoms with Crippen LogP contribution in [0.2, 0.25) is 0 Å². The number of nitrogen functional groups attached to an aromatic ring is 1. The third kappa shape index (κ3) is 4.80. The number of anilines is 2. The summed E-state index contributed by atoms with van der Waals surface area (Å²) in [5.41, 5.74) is 9.55. The van der Waals surface area contributed by atoms with Gasteiger partial charge in [0.15, 0.2) is 0 Å². The normalized spacial score (nSPS) is 11.0. The van der Waals surface area contributed by atoms with Crippen LogP contribution >= 0.6 is 0 Å². The van der Waals surface area contributed by atoms with Crippen molar-refractivity contribution in [3.63, 3.8) is 0 Å². The number of nitro benzene ring substituents is 1. The Morgan fingerprint density at radius 2 is 1.57 bits per heavy atom. The quantitative estimate of drug-likeness (QED) is 0.291. The van der Waals surface area contributed by atoms with Crippen LogP contribution in [0.1, 0.15) is 11.1 Å². The predicted octanol–water partition coefficient (Wildman–Crippen LogP) is 4.89. The van der Waals surface area contributed by atoms with Gasteiger partial charge in [-0.25, -0.2) is 13.4 Å². The van der Waals surface area contributed by atoms with Gasteiger partial charge in [-0.15, -0.1) is 0 Å². The topological polar surface area (TPSA) is 152 Å². The van der Waals surface area contributed by atoms with E-state index >= 15 is 0 Å². The molecule has 3 aromatic carbocycles. The molecule has 9 nitrogen and oxygen atoms in total. The Balaban J connectivity index is 1.72. The summed E-state index contributed by atoms with van der Waals surface area (Å²) in [6.07, 6.45) is 1.51. The van der Waals surface area contributed by atoms with Crippen LogP contribution in [0.5, 0.6) is 0 Å². The van der Waals surface area contributed by atoms with Gasteiger partial charge >= 0.3 is 0 Å². The lowest BCUT2D eigenvalue weighted by molar-refractivity contribution is -0.384. The molecule has 10 heteroatoms. The fourth-order valence-corrected chi connectivity index (χ4v) is 4.62. The largest absolute Gasteiger partial charge is 0.383 e. The Morgan fingerprint density at radius 1 is 0.971 bits per heavy atom. The van der Waals surface area contributed by atoms with E-state index in [4.69, 9.17) is 5.73 Å². The molecular formula is C25H19N5O4S. The molecule has 0 saturated carbocycles. The zero-order valence-corrected chi connectivity index (χ0v) is 19.3. The molecule has 1 aromatic heterocycles. The summed E-state index contributed by atoms with van der Waals surface area (Å²) in [5, 5.41) is 20.7. The van der Waals surface area contributed by atoms with Crippen LogP contribution in [0.4, 0.5) is 17.2 Å². The second-order valence-corrected chi connectivity index (χ2v) is 9.40. The monoisotopic (exact) mass is 485 g/mol. The molecule has 0 aliphatic heterocycles. The minimum atomic E-state index is -3.76. The van der Waals surface area contributed by atoms with Crippen LogP contribution in [0.25, 0.3) is 22.3 Å². The lowest BCUT2D eigenvalue weighted by Gasteiger charge is -2.14. The number of hydrogen-bond donors (Lipinski definition) is 2. The van der Waals surface area contributed by atoms with E-state index in [1.807, 2.05) is 6.92 Å².